The fraction of sp³-hybridized carbons (Fsp3) is 0.312. The van der Waals surface area contributed by atoms with Crippen LogP contribution in [0.1, 0.15) is 29.7 Å². The number of nitrogens with two attached hydrogens (primary N) is 1. The monoisotopic (exact) mass is 272 g/mol. The van der Waals surface area contributed by atoms with Crippen LogP contribution >= 0.6 is 0 Å². The van der Waals surface area contributed by atoms with E-state index in [0.29, 0.717) is 6.61 Å². The van der Waals surface area contributed by atoms with Crippen LogP contribution in [0.25, 0.3) is 0 Å². The number of aryl methyl sites for hydroxylation is 1. The Balaban J connectivity index is 2.19. The first-order valence-corrected chi connectivity index (χ1v) is 6.57. The maximum absolute atomic E-state index is 5.97. The number of benzene rings is 1. The summed E-state index contributed by atoms with van der Waals surface area (Å²) in [5.74, 6) is 1.51. The molecule has 0 radical (unpaired) electrons. The van der Waals surface area contributed by atoms with Crippen molar-refractivity contribution in [2.24, 2.45) is 5.73 Å². The molecule has 0 bridgehead atoms. The molecule has 2 aromatic rings. The second kappa shape index (κ2) is 6.39. The van der Waals surface area contributed by atoms with Crippen LogP contribution in [0.5, 0.6) is 11.5 Å². The Bertz CT molecular complexity index is 582. The number of hydrogen-bond donors (Lipinski definition) is 1. The van der Waals surface area contributed by atoms with E-state index in [-0.39, 0.29) is 6.04 Å². The highest BCUT2D eigenvalue weighted by molar-refractivity contribution is 5.42. The molecule has 0 fully saturated rings. The van der Waals surface area contributed by atoms with Gasteiger partial charge >= 0.3 is 0 Å². The lowest BCUT2D eigenvalue weighted by Gasteiger charge is -2.15. The lowest BCUT2D eigenvalue weighted by molar-refractivity contribution is 0.298. The average Bonchev–Trinajstić information content (AvgIpc) is 2.44. The summed E-state index contributed by atoms with van der Waals surface area (Å²) in [4.78, 5) is 4.16. The van der Waals surface area contributed by atoms with Crippen LogP contribution in [0, 0.1) is 6.92 Å². The van der Waals surface area contributed by atoms with Crippen LogP contribution in [0.4, 0.5) is 0 Å². The molecular formula is C16H20N2O2. The number of nitrogens with zero attached hydrogens (tertiary/aromatic N) is 1. The van der Waals surface area contributed by atoms with Gasteiger partial charge in [-0.2, -0.15) is 0 Å². The molecule has 0 aliphatic rings. The van der Waals surface area contributed by atoms with Crippen molar-refractivity contribution in [3.63, 3.8) is 0 Å². The minimum Gasteiger partial charge on any atom is -0.497 e. The smallest absolute Gasteiger partial charge is 0.128 e. The third kappa shape index (κ3) is 3.48. The number of ether oxygens (including phenoxy) is 2. The van der Waals surface area contributed by atoms with Crippen LogP contribution in [0.2, 0.25) is 0 Å². The van der Waals surface area contributed by atoms with E-state index in [1.165, 1.54) is 0 Å². The van der Waals surface area contributed by atoms with Crippen LogP contribution in [-0.2, 0) is 6.61 Å². The molecule has 1 aromatic heterocycles. The summed E-state index contributed by atoms with van der Waals surface area (Å²) in [7, 11) is 1.63. The molecule has 0 aliphatic heterocycles. The van der Waals surface area contributed by atoms with Gasteiger partial charge in [0.05, 0.1) is 7.11 Å². The maximum Gasteiger partial charge on any atom is 0.128 e. The van der Waals surface area contributed by atoms with Gasteiger partial charge in [-0.15, -0.1) is 0 Å². The van der Waals surface area contributed by atoms with E-state index in [1.54, 1.807) is 13.3 Å². The average molecular weight is 272 g/mol. The van der Waals surface area contributed by atoms with Gasteiger partial charge in [-0.1, -0.05) is 6.07 Å². The number of hydrogen-bond acceptors (Lipinski definition) is 4. The molecule has 0 unspecified atom stereocenters. The summed E-state index contributed by atoms with van der Waals surface area (Å²) in [6, 6.07) is 7.65. The number of rotatable bonds is 5. The molecule has 20 heavy (non-hydrogen) atoms. The van der Waals surface area contributed by atoms with E-state index in [2.05, 4.69) is 11.1 Å². The summed E-state index contributed by atoms with van der Waals surface area (Å²) >= 11 is 0. The SMILES string of the molecule is COc1ccc([C@H](C)N)c(OCc2cncc(C)c2)c1. The zero-order valence-corrected chi connectivity index (χ0v) is 12.1. The molecular weight excluding hydrogens is 252 g/mol. The van der Waals surface area contributed by atoms with Crippen molar-refractivity contribution in [3.05, 3.63) is 53.3 Å². The third-order valence-electron chi connectivity index (χ3n) is 3.04. The highest BCUT2D eigenvalue weighted by atomic mass is 16.5. The highest BCUT2D eigenvalue weighted by Gasteiger charge is 2.10. The Morgan fingerprint density at radius 2 is 2.05 bits per heavy atom. The molecule has 4 heteroatoms. The van der Waals surface area contributed by atoms with E-state index in [1.807, 2.05) is 38.2 Å². The van der Waals surface area contributed by atoms with Crippen LogP contribution < -0.4 is 15.2 Å². The molecule has 106 valence electrons. The van der Waals surface area contributed by atoms with Crippen molar-refractivity contribution in [2.45, 2.75) is 26.5 Å². The van der Waals surface area contributed by atoms with Gasteiger partial charge in [0, 0.05) is 35.6 Å². The van der Waals surface area contributed by atoms with Gasteiger partial charge < -0.3 is 15.2 Å². The Morgan fingerprint density at radius 3 is 2.70 bits per heavy atom. The maximum atomic E-state index is 5.97. The first-order valence-electron chi connectivity index (χ1n) is 6.57. The van der Waals surface area contributed by atoms with E-state index in [4.69, 9.17) is 15.2 Å². The molecule has 0 saturated heterocycles. The van der Waals surface area contributed by atoms with Crippen molar-refractivity contribution in [1.82, 2.24) is 4.98 Å². The zero-order valence-electron chi connectivity index (χ0n) is 12.1. The Hall–Kier alpha value is -2.07. The van der Waals surface area contributed by atoms with Crippen molar-refractivity contribution in [3.8, 4) is 11.5 Å². The van der Waals surface area contributed by atoms with Gasteiger partial charge in [-0.3, -0.25) is 4.98 Å². The van der Waals surface area contributed by atoms with Gasteiger partial charge in [0.1, 0.15) is 18.1 Å². The van der Waals surface area contributed by atoms with Gasteiger partial charge in [-0.25, -0.2) is 0 Å². The summed E-state index contributed by atoms with van der Waals surface area (Å²) in [6.07, 6.45) is 3.63. The van der Waals surface area contributed by atoms with Gasteiger partial charge in [-0.05, 0) is 31.5 Å². The quantitative estimate of drug-likeness (QED) is 0.909. The topological polar surface area (TPSA) is 57.4 Å². The summed E-state index contributed by atoms with van der Waals surface area (Å²) in [6.45, 7) is 4.40. The Kier molecular flexibility index (Phi) is 4.58. The fourth-order valence-electron chi connectivity index (χ4n) is 2.00. The van der Waals surface area contributed by atoms with Crippen LogP contribution in [0.3, 0.4) is 0 Å². The Labute approximate surface area is 119 Å². The first-order chi connectivity index (χ1) is 9.60. The predicted molar refractivity (Wildman–Crippen MR) is 78.9 cm³/mol. The molecule has 0 spiro atoms. The van der Waals surface area contributed by atoms with Crippen LogP contribution in [-0.4, -0.2) is 12.1 Å². The second-order valence-corrected chi connectivity index (χ2v) is 4.85. The van der Waals surface area contributed by atoms with Crippen molar-refractivity contribution < 1.29 is 9.47 Å². The molecule has 0 saturated carbocycles. The number of pyridine rings is 1. The lowest BCUT2D eigenvalue weighted by atomic mass is 10.1. The minimum atomic E-state index is -0.0912. The zero-order chi connectivity index (χ0) is 14.5. The van der Waals surface area contributed by atoms with Gasteiger partial charge in [0.2, 0.25) is 0 Å². The molecule has 1 atom stereocenters. The van der Waals surface area contributed by atoms with E-state index in [9.17, 15) is 0 Å². The normalized spacial score (nSPS) is 12.0. The summed E-state index contributed by atoms with van der Waals surface area (Å²) in [5.41, 5.74) is 9.08. The first kappa shape index (κ1) is 14.3. The minimum absolute atomic E-state index is 0.0912. The van der Waals surface area contributed by atoms with Crippen LogP contribution in [0.15, 0.2) is 36.7 Å². The second-order valence-electron chi connectivity index (χ2n) is 4.85. The fourth-order valence-corrected chi connectivity index (χ4v) is 2.00. The Morgan fingerprint density at radius 1 is 1.25 bits per heavy atom. The van der Waals surface area contributed by atoms with Crippen molar-refractivity contribution in [2.75, 3.05) is 7.11 Å². The molecule has 2 rings (SSSR count). The molecule has 4 nitrogen and oxygen atoms in total. The van der Waals surface area contributed by atoms with Crippen molar-refractivity contribution in [1.29, 1.82) is 0 Å². The van der Waals surface area contributed by atoms with Gasteiger partial charge in [0.25, 0.3) is 0 Å². The number of methoxy groups -OCH3 is 1. The van der Waals surface area contributed by atoms with E-state index < -0.39 is 0 Å². The van der Waals surface area contributed by atoms with Crippen molar-refractivity contribution >= 4 is 0 Å². The molecule has 1 heterocycles. The largest absolute Gasteiger partial charge is 0.497 e. The third-order valence-corrected chi connectivity index (χ3v) is 3.04. The standard InChI is InChI=1S/C16H20N2O2/c1-11-6-13(9-18-8-11)10-20-16-7-14(19-3)4-5-15(16)12(2)17/h4-9,12H,10,17H2,1-3H3/t12-/m0/s1. The van der Waals surface area contributed by atoms with E-state index >= 15 is 0 Å². The molecule has 0 aliphatic carbocycles. The lowest BCUT2D eigenvalue weighted by Crippen LogP contribution is -2.08. The number of aromatic nitrogens is 1. The van der Waals surface area contributed by atoms with E-state index in [0.717, 1.165) is 28.2 Å². The summed E-state index contributed by atoms with van der Waals surface area (Å²) < 4.78 is 11.1. The predicted octanol–water partition coefficient (Wildman–Crippen LogP) is 3.00. The highest BCUT2D eigenvalue weighted by Crippen LogP contribution is 2.29. The van der Waals surface area contributed by atoms with Gasteiger partial charge in [0.15, 0.2) is 0 Å². The summed E-state index contributed by atoms with van der Waals surface area (Å²) in [5, 5.41) is 0. The molecule has 2 N–H and O–H groups in total. The molecule has 0 amide bonds. The molecule has 1 aromatic carbocycles.